The molecule has 0 radical (unpaired) electrons. The number of nitrogens with one attached hydrogen (secondary N) is 1. The average molecular weight is 354 g/mol. The van der Waals surface area contributed by atoms with Crippen LogP contribution in [-0.4, -0.2) is 16.0 Å². The Bertz CT molecular complexity index is 896. The van der Waals surface area contributed by atoms with Crippen LogP contribution in [0.4, 0.5) is 5.69 Å². The molecule has 26 heavy (non-hydrogen) atoms. The molecule has 1 aliphatic carbocycles. The van der Waals surface area contributed by atoms with Crippen molar-refractivity contribution in [3.8, 4) is 5.75 Å². The van der Waals surface area contributed by atoms with Crippen LogP contribution in [0.5, 0.6) is 5.75 Å². The lowest BCUT2D eigenvalue weighted by molar-refractivity contribution is 0.102. The number of anilines is 1. The summed E-state index contributed by atoms with van der Waals surface area (Å²) in [5.41, 5.74) is 6.54. The number of carbonyl (C=O) groups is 1. The molecule has 134 valence electrons. The van der Waals surface area contributed by atoms with Gasteiger partial charge in [0.15, 0.2) is 6.61 Å². The number of amides is 1. The Kier molecular flexibility index (Phi) is 4.40. The first-order chi connectivity index (χ1) is 12.7. The Labute approximate surface area is 149 Å². The van der Waals surface area contributed by atoms with Crippen LogP contribution in [0, 0.1) is 0 Å². The minimum Gasteiger partial charge on any atom is -0.485 e. The van der Waals surface area contributed by atoms with E-state index in [1.165, 1.54) is 6.26 Å². The van der Waals surface area contributed by atoms with E-state index in [-0.39, 0.29) is 19.1 Å². The maximum absolute atomic E-state index is 12.1. The molecule has 1 aromatic carbocycles. The van der Waals surface area contributed by atoms with Crippen molar-refractivity contribution in [2.45, 2.75) is 31.9 Å². The standard InChI is InChI=1S/C18H18N4O4/c19-8-15-7-12(9-24-15)17(23)20-13-3-5-14(6-4-13)25-10-16-21-18(26-22-16)11-1-2-11/h3-7,9,11H,1-2,8,10,19H2,(H,20,23). The van der Waals surface area contributed by atoms with Crippen molar-refractivity contribution in [1.29, 1.82) is 0 Å². The van der Waals surface area contributed by atoms with Gasteiger partial charge in [-0.05, 0) is 43.2 Å². The first-order valence-corrected chi connectivity index (χ1v) is 8.35. The normalized spacial score (nSPS) is 13.6. The summed E-state index contributed by atoms with van der Waals surface area (Å²) in [6, 6.07) is 8.65. The van der Waals surface area contributed by atoms with Gasteiger partial charge in [0.1, 0.15) is 17.8 Å². The maximum atomic E-state index is 12.1. The quantitative estimate of drug-likeness (QED) is 0.670. The van der Waals surface area contributed by atoms with Crippen molar-refractivity contribution in [3.05, 3.63) is 59.6 Å². The molecule has 2 aromatic heterocycles. The smallest absolute Gasteiger partial charge is 0.258 e. The molecule has 3 aromatic rings. The molecule has 2 heterocycles. The Morgan fingerprint density at radius 2 is 2.12 bits per heavy atom. The van der Waals surface area contributed by atoms with Crippen molar-refractivity contribution in [2.75, 3.05) is 5.32 Å². The molecule has 1 aliphatic rings. The molecule has 0 saturated heterocycles. The van der Waals surface area contributed by atoms with Crippen LogP contribution in [0.15, 0.2) is 45.5 Å². The van der Waals surface area contributed by atoms with Gasteiger partial charge in [-0.15, -0.1) is 0 Å². The number of benzene rings is 1. The van der Waals surface area contributed by atoms with Gasteiger partial charge in [0.25, 0.3) is 5.91 Å². The predicted molar refractivity (Wildman–Crippen MR) is 91.6 cm³/mol. The van der Waals surface area contributed by atoms with Crippen molar-refractivity contribution < 1.29 is 18.5 Å². The highest BCUT2D eigenvalue weighted by Gasteiger charge is 2.29. The van der Waals surface area contributed by atoms with Gasteiger partial charge in [-0.3, -0.25) is 4.79 Å². The lowest BCUT2D eigenvalue weighted by Gasteiger charge is -2.06. The highest BCUT2D eigenvalue weighted by Crippen LogP contribution is 2.38. The number of nitrogens with two attached hydrogens (primary N) is 1. The van der Waals surface area contributed by atoms with Crippen molar-refractivity contribution >= 4 is 11.6 Å². The largest absolute Gasteiger partial charge is 0.485 e. The van der Waals surface area contributed by atoms with Crippen LogP contribution in [0.1, 0.15) is 46.6 Å². The lowest BCUT2D eigenvalue weighted by Crippen LogP contribution is -2.10. The summed E-state index contributed by atoms with van der Waals surface area (Å²) < 4.78 is 16.0. The molecule has 1 amide bonds. The number of hydrogen-bond acceptors (Lipinski definition) is 7. The summed E-state index contributed by atoms with van der Waals surface area (Å²) in [5.74, 6) is 2.59. The minimum atomic E-state index is -0.262. The molecule has 0 aliphatic heterocycles. The molecule has 0 atom stereocenters. The van der Waals surface area contributed by atoms with E-state index in [2.05, 4.69) is 15.5 Å². The zero-order valence-corrected chi connectivity index (χ0v) is 14.0. The maximum Gasteiger partial charge on any atom is 0.258 e. The van der Waals surface area contributed by atoms with E-state index < -0.39 is 0 Å². The summed E-state index contributed by atoms with van der Waals surface area (Å²) in [4.78, 5) is 16.4. The number of hydrogen-bond donors (Lipinski definition) is 2. The fraction of sp³-hybridized carbons (Fsp3) is 0.278. The summed E-state index contributed by atoms with van der Waals surface area (Å²) in [7, 11) is 0. The third kappa shape index (κ3) is 3.75. The average Bonchev–Trinajstić information content (AvgIpc) is 3.21. The van der Waals surface area contributed by atoms with Crippen molar-refractivity contribution in [3.63, 3.8) is 0 Å². The second kappa shape index (κ2) is 7.01. The predicted octanol–water partition coefficient (Wildman–Crippen LogP) is 2.83. The van der Waals surface area contributed by atoms with Crippen LogP contribution in [0.25, 0.3) is 0 Å². The van der Waals surface area contributed by atoms with E-state index in [0.29, 0.717) is 40.4 Å². The molecule has 3 N–H and O–H groups in total. The van der Waals surface area contributed by atoms with Gasteiger partial charge in [0.2, 0.25) is 11.7 Å². The summed E-state index contributed by atoms with van der Waals surface area (Å²) in [6.07, 6.45) is 3.61. The third-order valence-electron chi connectivity index (χ3n) is 4.01. The highest BCUT2D eigenvalue weighted by molar-refractivity contribution is 6.04. The number of ether oxygens (including phenoxy) is 1. The molecule has 0 unspecified atom stereocenters. The van der Waals surface area contributed by atoms with Gasteiger partial charge in [-0.2, -0.15) is 4.98 Å². The van der Waals surface area contributed by atoms with Gasteiger partial charge in [0, 0.05) is 11.6 Å². The molecular formula is C18H18N4O4. The Morgan fingerprint density at radius 1 is 1.31 bits per heavy atom. The van der Waals surface area contributed by atoms with E-state index in [0.717, 1.165) is 12.8 Å². The fourth-order valence-electron chi connectivity index (χ4n) is 2.41. The lowest BCUT2D eigenvalue weighted by atomic mass is 10.2. The number of carbonyl (C=O) groups excluding carboxylic acids is 1. The van der Waals surface area contributed by atoms with Crippen molar-refractivity contribution in [2.24, 2.45) is 5.73 Å². The number of rotatable bonds is 7. The fourth-order valence-corrected chi connectivity index (χ4v) is 2.41. The van der Waals surface area contributed by atoms with Crippen LogP contribution in [0.3, 0.4) is 0 Å². The monoisotopic (exact) mass is 354 g/mol. The molecular weight excluding hydrogens is 336 g/mol. The van der Waals surface area contributed by atoms with Crippen LogP contribution >= 0.6 is 0 Å². The number of nitrogens with zero attached hydrogens (tertiary/aromatic N) is 2. The molecule has 1 fully saturated rings. The summed E-state index contributed by atoms with van der Waals surface area (Å²) in [6.45, 7) is 0.487. The van der Waals surface area contributed by atoms with Crippen LogP contribution in [0.2, 0.25) is 0 Å². The molecule has 8 heteroatoms. The first kappa shape index (κ1) is 16.3. The molecule has 0 bridgehead atoms. The van der Waals surface area contributed by atoms with Gasteiger partial charge in [-0.25, -0.2) is 0 Å². The van der Waals surface area contributed by atoms with E-state index in [1.54, 1.807) is 30.3 Å². The first-order valence-electron chi connectivity index (χ1n) is 8.35. The molecule has 1 saturated carbocycles. The molecule has 8 nitrogen and oxygen atoms in total. The van der Waals surface area contributed by atoms with Crippen LogP contribution in [-0.2, 0) is 13.2 Å². The van der Waals surface area contributed by atoms with Crippen molar-refractivity contribution in [1.82, 2.24) is 10.1 Å². The molecule has 0 spiro atoms. The zero-order chi connectivity index (χ0) is 17.9. The van der Waals surface area contributed by atoms with E-state index >= 15 is 0 Å². The Balaban J connectivity index is 1.31. The topological polar surface area (TPSA) is 116 Å². The van der Waals surface area contributed by atoms with Crippen LogP contribution < -0.4 is 15.8 Å². The minimum absolute atomic E-state index is 0.235. The Hall–Kier alpha value is -3.13. The SMILES string of the molecule is NCc1cc(C(=O)Nc2ccc(OCc3noc(C4CC4)n3)cc2)co1. The zero-order valence-electron chi connectivity index (χ0n) is 14.0. The second-order valence-corrected chi connectivity index (χ2v) is 6.10. The Morgan fingerprint density at radius 3 is 2.81 bits per heavy atom. The van der Waals surface area contributed by atoms with E-state index in [1.807, 2.05) is 0 Å². The van der Waals surface area contributed by atoms with Gasteiger partial charge in [0.05, 0.1) is 12.1 Å². The van der Waals surface area contributed by atoms with E-state index in [4.69, 9.17) is 19.4 Å². The third-order valence-corrected chi connectivity index (χ3v) is 4.01. The second-order valence-electron chi connectivity index (χ2n) is 6.10. The van der Waals surface area contributed by atoms with Gasteiger partial charge in [-0.1, -0.05) is 5.16 Å². The number of furan rings is 1. The van der Waals surface area contributed by atoms with Gasteiger partial charge < -0.3 is 24.7 Å². The van der Waals surface area contributed by atoms with Gasteiger partial charge >= 0.3 is 0 Å². The summed E-state index contributed by atoms with van der Waals surface area (Å²) >= 11 is 0. The van der Waals surface area contributed by atoms with E-state index in [9.17, 15) is 4.79 Å². The number of aromatic nitrogens is 2. The molecule has 4 rings (SSSR count). The highest BCUT2D eigenvalue weighted by atomic mass is 16.5. The summed E-state index contributed by atoms with van der Waals surface area (Å²) in [5, 5.41) is 6.69.